The molecular weight excluding hydrogens is 238 g/mol. The van der Waals surface area contributed by atoms with Crippen LogP contribution in [0.3, 0.4) is 0 Å². The topological polar surface area (TPSA) is 65.1 Å². The van der Waals surface area contributed by atoms with Crippen molar-refractivity contribution in [1.29, 1.82) is 0 Å². The van der Waals surface area contributed by atoms with Crippen LogP contribution in [0.2, 0.25) is 0 Å². The number of nitrogens with zero attached hydrogens (tertiary/aromatic N) is 1. The molecule has 1 atom stereocenters. The highest BCUT2D eigenvalue weighted by Crippen LogP contribution is 2.18. The largest absolute Gasteiger partial charge is 0.511 e. The van der Waals surface area contributed by atoms with Gasteiger partial charge in [0.05, 0.1) is 12.5 Å². The summed E-state index contributed by atoms with van der Waals surface area (Å²) < 4.78 is 14.4. The SMILES string of the molecule is CCOC(=O)OC(C)OC(=O)C1CCN(C)CC1. The molecule has 1 rings (SSSR count). The number of hydrogen-bond acceptors (Lipinski definition) is 6. The molecule has 1 saturated heterocycles. The Hall–Kier alpha value is -1.30. The van der Waals surface area contributed by atoms with E-state index in [1.165, 1.54) is 6.92 Å². The predicted molar refractivity (Wildman–Crippen MR) is 63.9 cm³/mol. The Morgan fingerprint density at radius 2 is 1.89 bits per heavy atom. The van der Waals surface area contributed by atoms with Crippen LogP contribution in [0.5, 0.6) is 0 Å². The monoisotopic (exact) mass is 259 g/mol. The van der Waals surface area contributed by atoms with Crippen LogP contribution in [-0.2, 0) is 19.0 Å². The lowest BCUT2D eigenvalue weighted by molar-refractivity contribution is -0.174. The molecule has 0 bridgehead atoms. The second kappa shape index (κ2) is 7.20. The van der Waals surface area contributed by atoms with E-state index in [1.54, 1.807) is 6.92 Å². The summed E-state index contributed by atoms with van der Waals surface area (Å²) in [6.07, 6.45) is -0.166. The van der Waals surface area contributed by atoms with Gasteiger partial charge in [-0.2, -0.15) is 0 Å². The van der Waals surface area contributed by atoms with E-state index in [4.69, 9.17) is 9.47 Å². The fourth-order valence-electron chi connectivity index (χ4n) is 1.82. The van der Waals surface area contributed by atoms with Gasteiger partial charge in [-0.05, 0) is 39.9 Å². The van der Waals surface area contributed by atoms with E-state index in [2.05, 4.69) is 9.64 Å². The summed E-state index contributed by atoms with van der Waals surface area (Å²) in [5, 5.41) is 0. The van der Waals surface area contributed by atoms with E-state index in [0.29, 0.717) is 0 Å². The fourth-order valence-corrected chi connectivity index (χ4v) is 1.82. The predicted octanol–water partition coefficient (Wildman–Crippen LogP) is 1.39. The Balaban J connectivity index is 2.28. The van der Waals surface area contributed by atoms with Crippen LogP contribution in [0.25, 0.3) is 0 Å². The van der Waals surface area contributed by atoms with Crippen molar-refractivity contribution >= 4 is 12.1 Å². The minimum atomic E-state index is -0.906. The van der Waals surface area contributed by atoms with Gasteiger partial charge in [0.15, 0.2) is 0 Å². The van der Waals surface area contributed by atoms with Crippen molar-refractivity contribution in [3.05, 3.63) is 0 Å². The maximum Gasteiger partial charge on any atom is 0.511 e. The summed E-state index contributed by atoms with van der Waals surface area (Å²) in [6.45, 7) is 5.18. The van der Waals surface area contributed by atoms with Crippen LogP contribution < -0.4 is 0 Å². The second-order valence-corrected chi connectivity index (χ2v) is 4.38. The number of esters is 1. The zero-order valence-electron chi connectivity index (χ0n) is 11.2. The van der Waals surface area contributed by atoms with E-state index in [-0.39, 0.29) is 18.5 Å². The molecule has 1 aliphatic rings. The quantitative estimate of drug-likeness (QED) is 0.561. The molecule has 0 saturated carbocycles. The van der Waals surface area contributed by atoms with Crippen molar-refractivity contribution in [2.45, 2.75) is 33.0 Å². The molecule has 1 aliphatic heterocycles. The highest BCUT2D eigenvalue weighted by Gasteiger charge is 2.26. The third kappa shape index (κ3) is 4.91. The Kier molecular flexibility index (Phi) is 5.91. The van der Waals surface area contributed by atoms with Gasteiger partial charge in [-0.1, -0.05) is 0 Å². The van der Waals surface area contributed by atoms with Crippen molar-refractivity contribution in [2.24, 2.45) is 5.92 Å². The fraction of sp³-hybridized carbons (Fsp3) is 0.833. The number of ether oxygens (including phenoxy) is 3. The van der Waals surface area contributed by atoms with Crippen molar-refractivity contribution in [3.63, 3.8) is 0 Å². The van der Waals surface area contributed by atoms with Crippen molar-refractivity contribution in [3.8, 4) is 0 Å². The molecule has 0 N–H and O–H groups in total. The molecule has 0 aromatic carbocycles. The summed E-state index contributed by atoms with van der Waals surface area (Å²) in [7, 11) is 2.02. The molecule has 6 heteroatoms. The van der Waals surface area contributed by atoms with Crippen LogP contribution in [-0.4, -0.2) is 50.1 Å². The van der Waals surface area contributed by atoms with Crippen LogP contribution in [0.15, 0.2) is 0 Å². The second-order valence-electron chi connectivity index (χ2n) is 4.38. The minimum absolute atomic E-state index is 0.102. The van der Waals surface area contributed by atoms with Gasteiger partial charge in [-0.15, -0.1) is 0 Å². The maximum atomic E-state index is 11.8. The number of carbonyl (C=O) groups excluding carboxylic acids is 2. The summed E-state index contributed by atoms with van der Waals surface area (Å²) >= 11 is 0. The molecule has 0 aromatic rings. The molecule has 1 heterocycles. The summed E-state index contributed by atoms with van der Waals surface area (Å²) in [5.74, 6) is -0.408. The van der Waals surface area contributed by atoms with Crippen molar-refractivity contribution < 1.29 is 23.8 Å². The first-order valence-corrected chi connectivity index (χ1v) is 6.25. The number of rotatable bonds is 4. The lowest BCUT2D eigenvalue weighted by Crippen LogP contribution is -2.35. The third-order valence-electron chi connectivity index (χ3n) is 2.86. The molecule has 1 fully saturated rings. The summed E-state index contributed by atoms with van der Waals surface area (Å²) in [6, 6.07) is 0. The van der Waals surface area contributed by atoms with E-state index in [9.17, 15) is 9.59 Å². The first-order valence-electron chi connectivity index (χ1n) is 6.25. The van der Waals surface area contributed by atoms with Gasteiger partial charge < -0.3 is 19.1 Å². The molecule has 0 spiro atoms. The molecular formula is C12H21NO5. The summed E-state index contributed by atoms with van der Waals surface area (Å²) in [5.41, 5.74) is 0. The molecule has 1 unspecified atom stereocenters. The van der Waals surface area contributed by atoms with Gasteiger partial charge in [0, 0.05) is 6.92 Å². The molecule has 0 radical (unpaired) electrons. The molecule has 0 amide bonds. The van der Waals surface area contributed by atoms with Crippen LogP contribution in [0.1, 0.15) is 26.7 Å². The average Bonchev–Trinajstić information content (AvgIpc) is 2.29. The van der Waals surface area contributed by atoms with Gasteiger partial charge in [0.25, 0.3) is 0 Å². The number of hydrogen-bond donors (Lipinski definition) is 0. The average molecular weight is 259 g/mol. The number of likely N-dealkylation sites (tertiary alicyclic amines) is 1. The van der Waals surface area contributed by atoms with Crippen LogP contribution >= 0.6 is 0 Å². The molecule has 0 aliphatic carbocycles. The zero-order valence-corrected chi connectivity index (χ0v) is 11.2. The van der Waals surface area contributed by atoms with Gasteiger partial charge in [0.1, 0.15) is 0 Å². The minimum Gasteiger partial charge on any atom is -0.435 e. The highest BCUT2D eigenvalue weighted by molar-refractivity contribution is 5.72. The van der Waals surface area contributed by atoms with Gasteiger partial charge in [0.2, 0.25) is 6.29 Å². The van der Waals surface area contributed by atoms with E-state index < -0.39 is 12.4 Å². The number of piperidine rings is 1. The van der Waals surface area contributed by atoms with E-state index in [1.807, 2.05) is 7.05 Å². The Morgan fingerprint density at radius 1 is 1.28 bits per heavy atom. The Bertz CT molecular complexity index is 286. The van der Waals surface area contributed by atoms with Gasteiger partial charge in [-0.25, -0.2) is 4.79 Å². The van der Waals surface area contributed by atoms with Crippen molar-refractivity contribution in [1.82, 2.24) is 4.90 Å². The zero-order chi connectivity index (χ0) is 13.5. The lowest BCUT2D eigenvalue weighted by atomic mass is 9.97. The Morgan fingerprint density at radius 3 is 2.44 bits per heavy atom. The molecule has 0 aromatic heterocycles. The standard InChI is InChI=1S/C12H21NO5/c1-4-16-12(15)18-9(2)17-11(14)10-5-7-13(3)8-6-10/h9-10H,4-8H2,1-3H3. The highest BCUT2D eigenvalue weighted by atomic mass is 16.8. The Labute approximate surface area is 107 Å². The normalized spacial score (nSPS) is 19.1. The van der Waals surface area contributed by atoms with E-state index >= 15 is 0 Å². The molecule has 18 heavy (non-hydrogen) atoms. The maximum absolute atomic E-state index is 11.8. The third-order valence-corrected chi connectivity index (χ3v) is 2.86. The lowest BCUT2D eigenvalue weighted by Gasteiger charge is -2.28. The van der Waals surface area contributed by atoms with Crippen LogP contribution in [0, 0.1) is 5.92 Å². The van der Waals surface area contributed by atoms with Gasteiger partial charge in [-0.3, -0.25) is 4.79 Å². The first kappa shape index (κ1) is 14.8. The van der Waals surface area contributed by atoms with Gasteiger partial charge >= 0.3 is 12.1 Å². The summed E-state index contributed by atoms with van der Waals surface area (Å²) in [4.78, 5) is 25.0. The molecule has 104 valence electrons. The first-order chi connectivity index (χ1) is 8.52. The van der Waals surface area contributed by atoms with Crippen LogP contribution in [0.4, 0.5) is 4.79 Å². The van der Waals surface area contributed by atoms with E-state index in [0.717, 1.165) is 25.9 Å². The molecule has 6 nitrogen and oxygen atoms in total. The number of carbonyl (C=O) groups is 2. The smallest absolute Gasteiger partial charge is 0.435 e. The van der Waals surface area contributed by atoms with Crippen molar-refractivity contribution in [2.75, 3.05) is 26.7 Å².